The normalized spacial score (nSPS) is 19.3. The second-order valence-electron chi connectivity index (χ2n) is 6.75. The zero-order valence-corrected chi connectivity index (χ0v) is 16.0. The maximum Gasteiger partial charge on any atom is 0.407 e. The van der Waals surface area contributed by atoms with Gasteiger partial charge in [-0.15, -0.1) is 0 Å². The van der Waals surface area contributed by atoms with Gasteiger partial charge in [0.15, 0.2) is 0 Å². The van der Waals surface area contributed by atoms with Gasteiger partial charge in [-0.3, -0.25) is 0 Å². The van der Waals surface area contributed by atoms with Crippen LogP contribution in [0.2, 0.25) is 0 Å². The largest absolute Gasteiger partial charge is 0.480 e. The number of nitrogens with one attached hydrogen (secondary N) is 1. The Morgan fingerprint density at radius 1 is 1.29 bits per heavy atom. The second kappa shape index (κ2) is 11.1. The molecule has 0 saturated carbocycles. The number of carbonyl (C=O) groups excluding carboxylic acids is 1. The molecule has 0 radical (unpaired) electrons. The minimum Gasteiger partial charge on any atom is -0.480 e. The fourth-order valence-corrected chi connectivity index (χ4v) is 3.12. The standard InChI is InChI=1S/C22H28N2O4/c1-16-9-3-2-4-10-17(19-12-6-5-11-18(16)19)15-28-22(27)24-20(21(25)26)13-7-8-14-23/h2-6,9,11-12,17,20H,1,7-8,10,13-15,23H2,(H,24,27)(H,25,26)/b4-2-,9-3-. The van der Waals surface area contributed by atoms with Crippen molar-refractivity contribution in [3.05, 3.63) is 66.3 Å². The first-order valence-electron chi connectivity index (χ1n) is 9.50. The van der Waals surface area contributed by atoms with Gasteiger partial charge < -0.3 is 20.9 Å². The number of unbranched alkanes of at least 4 members (excludes halogenated alkanes) is 1. The summed E-state index contributed by atoms with van der Waals surface area (Å²) in [7, 11) is 0. The van der Waals surface area contributed by atoms with E-state index in [0.717, 1.165) is 16.7 Å². The third-order valence-corrected chi connectivity index (χ3v) is 4.66. The van der Waals surface area contributed by atoms with Gasteiger partial charge in [0.25, 0.3) is 0 Å². The molecule has 0 saturated heterocycles. The zero-order valence-electron chi connectivity index (χ0n) is 16.0. The topological polar surface area (TPSA) is 102 Å². The van der Waals surface area contributed by atoms with Crippen LogP contribution < -0.4 is 11.1 Å². The Labute approximate surface area is 165 Å². The van der Waals surface area contributed by atoms with Crippen LogP contribution in [0.15, 0.2) is 55.1 Å². The monoisotopic (exact) mass is 384 g/mol. The number of carboxylic acid groups (broad SMARTS) is 1. The molecule has 2 rings (SSSR count). The summed E-state index contributed by atoms with van der Waals surface area (Å²) in [5, 5.41) is 11.7. The Bertz CT molecular complexity index is 755. The van der Waals surface area contributed by atoms with Crippen LogP contribution >= 0.6 is 0 Å². The zero-order chi connectivity index (χ0) is 20.4. The van der Waals surface area contributed by atoms with E-state index >= 15 is 0 Å². The smallest absolute Gasteiger partial charge is 0.407 e. The summed E-state index contributed by atoms with van der Waals surface area (Å²) in [6.45, 7) is 4.75. The average Bonchev–Trinajstić information content (AvgIpc) is 2.75. The maximum atomic E-state index is 12.2. The number of hydrogen-bond acceptors (Lipinski definition) is 4. The van der Waals surface area contributed by atoms with Crippen molar-refractivity contribution < 1.29 is 19.4 Å². The molecule has 6 nitrogen and oxygen atoms in total. The molecule has 150 valence electrons. The lowest BCUT2D eigenvalue weighted by molar-refractivity contribution is -0.139. The van der Waals surface area contributed by atoms with Crippen molar-refractivity contribution >= 4 is 17.6 Å². The molecule has 0 aromatic heterocycles. The average molecular weight is 384 g/mol. The van der Waals surface area contributed by atoms with E-state index in [9.17, 15) is 14.7 Å². The molecule has 0 aliphatic heterocycles. The van der Waals surface area contributed by atoms with E-state index in [4.69, 9.17) is 10.5 Å². The van der Waals surface area contributed by atoms with Gasteiger partial charge in [0.2, 0.25) is 0 Å². The number of rotatable bonds is 8. The molecule has 0 heterocycles. The SMILES string of the molecule is C=C1/C=C\C=C/CC(COC(=O)NC(CCCCN)C(=O)O)c2ccccc21. The highest BCUT2D eigenvalue weighted by atomic mass is 16.5. The molecule has 2 atom stereocenters. The summed E-state index contributed by atoms with van der Waals surface area (Å²) in [5.74, 6) is -1.12. The van der Waals surface area contributed by atoms with Gasteiger partial charge in [-0.1, -0.05) is 55.1 Å². The van der Waals surface area contributed by atoms with Crippen LogP contribution in [0.1, 0.15) is 42.7 Å². The third-order valence-electron chi connectivity index (χ3n) is 4.66. The lowest BCUT2D eigenvalue weighted by Gasteiger charge is -2.20. The van der Waals surface area contributed by atoms with Crippen molar-refractivity contribution in [1.82, 2.24) is 5.32 Å². The van der Waals surface area contributed by atoms with E-state index in [1.165, 1.54) is 0 Å². The summed E-state index contributed by atoms with van der Waals surface area (Å²) in [4.78, 5) is 23.5. The van der Waals surface area contributed by atoms with Crippen molar-refractivity contribution in [2.75, 3.05) is 13.2 Å². The first-order valence-corrected chi connectivity index (χ1v) is 9.50. The minimum atomic E-state index is -1.08. The molecule has 1 aromatic rings. The van der Waals surface area contributed by atoms with E-state index in [1.54, 1.807) is 0 Å². The molecule has 1 amide bonds. The summed E-state index contributed by atoms with van der Waals surface area (Å²) >= 11 is 0. The van der Waals surface area contributed by atoms with E-state index in [1.807, 2.05) is 48.6 Å². The van der Waals surface area contributed by atoms with Crippen LogP contribution in [0.25, 0.3) is 5.57 Å². The Morgan fingerprint density at radius 3 is 2.82 bits per heavy atom. The number of benzene rings is 1. The Morgan fingerprint density at radius 2 is 2.07 bits per heavy atom. The van der Waals surface area contributed by atoms with Gasteiger partial charge in [-0.2, -0.15) is 0 Å². The molecular formula is C22H28N2O4. The molecule has 1 aliphatic carbocycles. The van der Waals surface area contributed by atoms with Gasteiger partial charge in [0.05, 0.1) is 0 Å². The highest BCUT2D eigenvalue weighted by Gasteiger charge is 2.22. The van der Waals surface area contributed by atoms with Gasteiger partial charge in [-0.25, -0.2) is 9.59 Å². The number of fused-ring (bicyclic) bond motifs is 1. The predicted octanol–water partition coefficient (Wildman–Crippen LogP) is 3.61. The second-order valence-corrected chi connectivity index (χ2v) is 6.75. The van der Waals surface area contributed by atoms with Crippen LogP contribution in [0.5, 0.6) is 0 Å². The highest BCUT2D eigenvalue weighted by Crippen LogP contribution is 2.30. The first-order chi connectivity index (χ1) is 13.5. The lowest BCUT2D eigenvalue weighted by Crippen LogP contribution is -2.41. The number of alkyl carbamates (subject to hydrolysis) is 1. The van der Waals surface area contributed by atoms with Gasteiger partial charge in [0.1, 0.15) is 12.6 Å². The molecule has 4 N–H and O–H groups in total. The van der Waals surface area contributed by atoms with Crippen molar-refractivity contribution in [3.8, 4) is 0 Å². The third kappa shape index (κ3) is 6.39. The summed E-state index contributed by atoms with van der Waals surface area (Å²) in [5.41, 5.74) is 8.39. The molecule has 0 fully saturated rings. The molecule has 0 spiro atoms. The number of nitrogens with two attached hydrogens (primary N) is 1. The quantitative estimate of drug-likeness (QED) is 0.594. The Balaban J connectivity index is 2.02. The van der Waals surface area contributed by atoms with Crippen LogP contribution in [0, 0.1) is 0 Å². The van der Waals surface area contributed by atoms with Crippen molar-refractivity contribution in [1.29, 1.82) is 0 Å². The number of carboxylic acids is 1. The number of ether oxygens (including phenoxy) is 1. The summed E-state index contributed by atoms with van der Waals surface area (Å²) in [6, 6.07) is 6.93. The summed E-state index contributed by atoms with van der Waals surface area (Å²) < 4.78 is 5.38. The van der Waals surface area contributed by atoms with Gasteiger partial charge in [-0.05, 0) is 48.9 Å². The first kappa shape index (κ1) is 21.4. The fraction of sp³-hybridized carbons (Fsp3) is 0.364. The Hall–Kier alpha value is -2.86. The van der Waals surface area contributed by atoms with E-state index in [0.29, 0.717) is 32.2 Å². The Kier molecular flexibility index (Phi) is 8.49. The van der Waals surface area contributed by atoms with Crippen molar-refractivity contribution in [2.24, 2.45) is 5.73 Å². The van der Waals surface area contributed by atoms with Gasteiger partial charge >= 0.3 is 12.1 Å². The van der Waals surface area contributed by atoms with Crippen molar-refractivity contribution in [3.63, 3.8) is 0 Å². The number of allylic oxidation sites excluding steroid dienone is 5. The molecular weight excluding hydrogens is 356 g/mol. The summed E-state index contributed by atoms with van der Waals surface area (Å²) in [6.07, 6.45) is 9.49. The maximum absolute atomic E-state index is 12.2. The molecule has 6 heteroatoms. The highest BCUT2D eigenvalue weighted by molar-refractivity contribution is 5.80. The molecule has 1 aliphatic rings. The lowest BCUT2D eigenvalue weighted by atomic mass is 9.89. The van der Waals surface area contributed by atoms with E-state index in [-0.39, 0.29) is 12.5 Å². The number of aliphatic carboxylic acids is 1. The molecule has 28 heavy (non-hydrogen) atoms. The van der Waals surface area contributed by atoms with E-state index < -0.39 is 18.1 Å². The number of hydrogen-bond donors (Lipinski definition) is 3. The van der Waals surface area contributed by atoms with Crippen LogP contribution in [-0.2, 0) is 9.53 Å². The fourth-order valence-electron chi connectivity index (χ4n) is 3.12. The van der Waals surface area contributed by atoms with Crippen molar-refractivity contribution in [2.45, 2.75) is 37.6 Å². The minimum absolute atomic E-state index is 0.0460. The number of amides is 1. The van der Waals surface area contributed by atoms with Crippen LogP contribution in [0.3, 0.4) is 0 Å². The predicted molar refractivity (Wildman–Crippen MR) is 110 cm³/mol. The van der Waals surface area contributed by atoms with Gasteiger partial charge in [0, 0.05) is 5.92 Å². The number of carbonyl (C=O) groups is 2. The van der Waals surface area contributed by atoms with Crippen LogP contribution in [0.4, 0.5) is 4.79 Å². The van der Waals surface area contributed by atoms with Crippen LogP contribution in [-0.4, -0.2) is 36.4 Å². The molecule has 0 bridgehead atoms. The molecule has 1 aromatic carbocycles. The molecule has 2 unspecified atom stereocenters. The van der Waals surface area contributed by atoms with E-state index in [2.05, 4.69) is 11.9 Å².